The molecule has 3 rings (SSSR count). The first kappa shape index (κ1) is 17.5. The standard InChI is InChI=1S/C18H21ClN4O2/c1-11(21-18(25)12-6-3-4-7-14(12)19)17(24)22-15-8-5-9-16-13(15)10-20-23(16)2/h3-4,6-7,10-11,15H,5,8-9H2,1-2H3,(H,21,25)(H,22,24)/t11-,15+/m0/s1. The van der Waals surface area contributed by atoms with Gasteiger partial charge in [-0.2, -0.15) is 5.10 Å². The fraction of sp³-hybridized carbons (Fsp3) is 0.389. The number of aryl methyl sites for hydroxylation is 1. The van der Waals surface area contributed by atoms with Crippen LogP contribution in [-0.4, -0.2) is 27.6 Å². The third-order valence-corrected chi connectivity index (χ3v) is 4.88. The maximum absolute atomic E-state index is 12.5. The molecular weight excluding hydrogens is 340 g/mol. The summed E-state index contributed by atoms with van der Waals surface area (Å²) in [5.41, 5.74) is 2.58. The lowest BCUT2D eigenvalue weighted by Gasteiger charge is -2.25. The van der Waals surface area contributed by atoms with E-state index in [0.717, 1.165) is 30.5 Å². The third-order valence-electron chi connectivity index (χ3n) is 4.55. The van der Waals surface area contributed by atoms with Crippen molar-refractivity contribution in [3.05, 3.63) is 52.3 Å². The van der Waals surface area contributed by atoms with Crippen LogP contribution in [0.2, 0.25) is 5.02 Å². The molecule has 0 bridgehead atoms. The van der Waals surface area contributed by atoms with Gasteiger partial charge >= 0.3 is 0 Å². The van der Waals surface area contributed by atoms with Gasteiger partial charge in [-0.3, -0.25) is 14.3 Å². The van der Waals surface area contributed by atoms with Crippen LogP contribution >= 0.6 is 11.6 Å². The number of rotatable bonds is 4. The van der Waals surface area contributed by atoms with Gasteiger partial charge in [-0.05, 0) is 38.3 Å². The van der Waals surface area contributed by atoms with Crippen LogP contribution in [0.1, 0.15) is 47.4 Å². The number of carbonyl (C=O) groups is 2. The minimum Gasteiger partial charge on any atom is -0.347 e. The Morgan fingerprint density at radius 2 is 2.12 bits per heavy atom. The second kappa shape index (κ2) is 7.27. The van der Waals surface area contributed by atoms with Gasteiger partial charge in [0.15, 0.2) is 0 Å². The Morgan fingerprint density at radius 3 is 2.88 bits per heavy atom. The molecule has 2 aromatic rings. The van der Waals surface area contributed by atoms with Crippen molar-refractivity contribution in [2.45, 2.75) is 38.3 Å². The fourth-order valence-corrected chi connectivity index (χ4v) is 3.36. The summed E-state index contributed by atoms with van der Waals surface area (Å²) in [5.74, 6) is -0.582. The highest BCUT2D eigenvalue weighted by Gasteiger charge is 2.27. The minimum atomic E-state index is -0.661. The lowest BCUT2D eigenvalue weighted by molar-refractivity contribution is -0.123. The lowest BCUT2D eigenvalue weighted by Crippen LogP contribution is -2.46. The Morgan fingerprint density at radius 1 is 1.36 bits per heavy atom. The highest BCUT2D eigenvalue weighted by molar-refractivity contribution is 6.33. The molecule has 0 radical (unpaired) electrons. The quantitative estimate of drug-likeness (QED) is 0.879. The van der Waals surface area contributed by atoms with E-state index >= 15 is 0 Å². The molecule has 0 fully saturated rings. The van der Waals surface area contributed by atoms with E-state index in [1.54, 1.807) is 31.2 Å². The Balaban J connectivity index is 1.64. The topological polar surface area (TPSA) is 76.0 Å². The molecule has 1 aromatic heterocycles. The van der Waals surface area contributed by atoms with Gasteiger partial charge < -0.3 is 10.6 Å². The molecule has 1 aromatic carbocycles. The molecule has 6 nitrogen and oxygen atoms in total. The molecule has 0 saturated carbocycles. The molecule has 2 N–H and O–H groups in total. The number of hydrogen-bond donors (Lipinski definition) is 2. The molecule has 1 heterocycles. The van der Waals surface area contributed by atoms with Gasteiger partial charge in [0.2, 0.25) is 5.91 Å². The van der Waals surface area contributed by atoms with E-state index < -0.39 is 6.04 Å². The van der Waals surface area contributed by atoms with Crippen LogP contribution < -0.4 is 10.6 Å². The Hall–Kier alpha value is -2.34. The zero-order chi connectivity index (χ0) is 18.0. The van der Waals surface area contributed by atoms with E-state index in [1.165, 1.54) is 0 Å². The number of fused-ring (bicyclic) bond motifs is 1. The van der Waals surface area contributed by atoms with E-state index in [-0.39, 0.29) is 17.9 Å². The molecule has 2 amide bonds. The van der Waals surface area contributed by atoms with E-state index in [2.05, 4.69) is 15.7 Å². The van der Waals surface area contributed by atoms with Gasteiger partial charge in [0, 0.05) is 18.3 Å². The molecule has 0 saturated heterocycles. The number of aromatic nitrogens is 2. The van der Waals surface area contributed by atoms with Crippen molar-refractivity contribution in [2.75, 3.05) is 0 Å². The van der Waals surface area contributed by atoms with Crippen molar-refractivity contribution in [3.63, 3.8) is 0 Å². The predicted molar refractivity (Wildman–Crippen MR) is 95.4 cm³/mol. The normalized spacial score (nSPS) is 17.5. The average Bonchev–Trinajstić information content (AvgIpc) is 2.97. The first-order chi connectivity index (χ1) is 12.0. The number of benzene rings is 1. The van der Waals surface area contributed by atoms with Crippen molar-refractivity contribution in [1.82, 2.24) is 20.4 Å². The van der Waals surface area contributed by atoms with Gasteiger partial charge in [-0.15, -0.1) is 0 Å². The lowest BCUT2D eigenvalue weighted by atomic mass is 9.93. The van der Waals surface area contributed by atoms with E-state index in [9.17, 15) is 9.59 Å². The summed E-state index contributed by atoms with van der Waals surface area (Å²) in [6, 6.07) is 6.04. The second-order valence-corrected chi connectivity index (χ2v) is 6.71. The first-order valence-electron chi connectivity index (χ1n) is 8.34. The minimum absolute atomic E-state index is 0.0652. The molecule has 0 spiro atoms. The Labute approximate surface area is 151 Å². The largest absolute Gasteiger partial charge is 0.347 e. The Bertz CT molecular complexity index is 802. The molecule has 2 atom stereocenters. The number of halogens is 1. The van der Waals surface area contributed by atoms with Crippen molar-refractivity contribution in [2.24, 2.45) is 7.05 Å². The van der Waals surface area contributed by atoms with Crippen LogP contribution in [-0.2, 0) is 18.3 Å². The molecule has 1 aliphatic rings. The highest BCUT2D eigenvalue weighted by atomic mass is 35.5. The maximum atomic E-state index is 12.5. The van der Waals surface area contributed by atoms with Crippen LogP contribution in [0.15, 0.2) is 30.5 Å². The zero-order valence-electron chi connectivity index (χ0n) is 14.3. The molecule has 0 aliphatic heterocycles. The van der Waals surface area contributed by atoms with Crippen molar-refractivity contribution < 1.29 is 9.59 Å². The summed E-state index contributed by atoms with van der Waals surface area (Å²) in [4.78, 5) is 24.8. The summed E-state index contributed by atoms with van der Waals surface area (Å²) in [7, 11) is 1.91. The number of amides is 2. The van der Waals surface area contributed by atoms with E-state index in [0.29, 0.717) is 10.6 Å². The maximum Gasteiger partial charge on any atom is 0.253 e. The van der Waals surface area contributed by atoms with Gasteiger partial charge in [0.25, 0.3) is 5.91 Å². The smallest absolute Gasteiger partial charge is 0.253 e. The monoisotopic (exact) mass is 360 g/mol. The SMILES string of the molecule is C[C@H](NC(=O)c1ccccc1Cl)C(=O)N[C@@H]1CCCc2c1cnn2C. The molecule has 25 heavy (non-hydrogen) atoms. The average molecular weight is 361 g/mol. The summed E-state index contributed by atoms with van der Waals surface area (Å²) in [6.07, 6.45) is 4.65. The summed E-state index contributed by atoms with van der Waals surface area (Å²) in [6.45, 7) is 1.66. The first-order valence-corrected chi connectivity index (χ1v) is 8.71. The molecule has 7 heteroatoms. The van der Waals surface area contributed by atoms with Gasteiger partial charge in [0.05, 0.1) is 22.8 Å². The molecule has 1 aliphatic carbocycles. The zero-order valence-corrected chi connectivity index (χ0v) is 15.0. The van der Waals surface area contributed by atoms with Crippen LogP contribution in [0.5, 0.6) is 0 Å². The molecular formula is C18H21ClN4O2. The number of nitrogens with one attached hydrogen (secondary N) is 2. The van der Waals surface area contributed by atoms with Crippen molar-refractivity contribution in [3.8, 4) is 0 Å². The molecule has 0 unspecified atom stereocenters. The predicted octanol–water partition coefficient (Wildman–Crippen LogP) is 2.39. The van der Waals surface area contributed by atoms with Crippen molar-refractivity contribution >= 4 is 23.4 Å². The third kappa shape index (κ3) is 3.69. The summed E-state index contributed by atoms with van der Waals surface area (Å²) in [5, 5.41) is 10.4. The summed E-state index contributed by atoms with van der Waals surface area (Å²) >= 11 is 6.03. The van der Waals surface area contributed by atoms with Gasteiger partial charge in [-0.1, -0.05) is 23.7 Å². The van der Waals surface area contributed by atoms with Gasteiger partial charge in [0.1, 0.15) is 6.04 Å². The van der Waals surface area contributed by atoms with Gasteiger partial charge in [-0.25, -0.2) is 0 Å². The van der Waals surface area contributed by atoms with Crippen LogP contribution in [0, 0.1) is 0 Å². The second-order valence-electron chi connectivity index (χ2n) is 6.30. The number of hydrogen-bond acceptors (Lipinski definition) is 3. The van der Waals surface area contributed by atoms with Crippen molar-refractivity contribution in [1.29, 1.82) is 0 Å². The van der Waals surface area contributed by atoms with E-state index in [4.69, 9.17) is 11.6 Å². The Kier molecular flexibility index (Phi) is 5.08. The number of nitrogens with zero attached hydrogens (tertiary/aromatic N) is 2. The van der Waals surface area contributed by atoms with Crippen LogP contribution in [0.25, 0.3) is 0 Å². The van der Waals surface area contributed by atoms with Crippen LogP contribution in [0.3, 0.4) is 0 Å². The summed E-state index contributed by atoms with van der Waals surface area (Å²) < 4.78 is 1.86. The van der Waals surface area contributed by atoms with Crippen LogP contribution in [0.4, 0.5) is 0 Å². The van der Waals surface area contributed by atoms with E-state index in [1.807, 2.05) is 17.9 Å². The fourth-order valence-electron chi connectivity index (χ4n) is 3.14. The number of carbonyl (C=O) groups excluding carboxylic acids is 2. The highest BCUT2D eigenvalue weighted by Crippen LogP contribution is 2.29. The molecule has 132 valence electrons.